The first kappa shape index (κ1) is 16.3. The number of nitrogens with zero attached hydrogens (tertiary/aromatic N) is 1. The van der Waals surface area contributed by atoms with Crippen LogP contribution in [0.25, 0.3) is 0 Å². The fourth-order valence-corrected chi connectivity index (χ4v) is 4.27. The molecule has 1 aromatic heterocycles. The van der Waals surface area contributed by atoms with Gasteiger partial charge in [0.25, 0.3) is 0 Å². The molecule has 0 radical (unpaired) electrons. The Balaban J connectivity index is 2.26. The molecular weight excluding hydrogens is 304 g/mol. The summed E-state index contributed by atoms with van der Waals surface area (Å²) in [5, 5.41) is 13.0. The zero-order valence-corrected chi connectivity index (χ0v) is 14.3. The second kappa shape index (κ2) is 6.37. The minimum atomic E-state index is -0.118. The van der Waals surface area contributed by atoms with Crippen LogP contribution >= 0.6 is 22.9 Å². The van der Waals surface area contributed by atoms with Crippen molar-refractivity contribution in [3.8, 4) is 6.07 Å². The normalized spacial score (nSPS) is 18.0. The third kappa shape index (κ3) is 3.59. The molecule has 1 heterocycles. The Morgan fingerprint density at radius 2 is 2.24 bits per heavy atom. The van der Waals surface area contributed by atoms with Crippen LogP contribution < -0.4 is 5.32 Å². The summed E-state index contributed by atoms with van der Waals surface area (Å²) in [6.45, 7) is 6.81. The van der Waals surface area contributed by atoms with Crippen LogP contribution in [0.1, 0.15) is 49.6 Å². The largest absolute Gasteiger partial charge is 0.317 e. The highest BCUT2D eigenvalue weighted by atomic mass is 35.5. The van der Waals surface area contributed by atoms with Crippen molar-refractivity contribution in [3.63, 3.8) is 0 Å². The van der Waals surface area contributed by atoms with Gasteiger partial charge >= 0.3 is 0 Å². The van der Waals surface area contributed by atoms with Gasteiger partial charge in [0.2, 0.25) is 5.91 Å². The van der Waals surface area contributed by atoms with Crippen LogP contribution in [0.15, 0.2) is 0 Å². The fourth-order valence-electron chi connectivity index (χ4n) is 2.81. The molecule has 2 rings (SSSR count). The van der Waals surface area contributed by atoms with Crippen molar-refractivity contribution in [3.05, 3.63) is 16.0 Å². The Bertz CT molecular complexity index is 580. The minimum absolute atomic E-state index is 0.118. The average Bonchev–Trinajstić information content (AvgIpc) is 2.73. The van der Waals surface area contributed by atoms with Gasteiger partial charge in [0.05, 0.1) is 5.56 Å². The SMILES string of the molecule is CC(C)(C)C1CCc2c(sc(NC(=O)CCCl)c2C#N)C1. The standard InChI is InChI=1S/C16H21ClN2OS/c1-16(2,3)10-4-5-11-12(9-18)15(21-13(11)8-10)19-14(20)6-7-17/h10H,4-8H2,1-3H3,(H,19,20). The Labute approximate surface area is 135 Å². The first-order valence-electron chi connectivity index (χ1n) is 7.27. The van der Waals surface area contributed by atoms with E-state index in [4.69, 9.17) is 11.6 Å². The van der Waals surface area contributed by atoms with Gasteiger partial charge in [0, 0.05) is 17.2 Å². The molecular formula is C16H21ClN2OS. The molecule has 0 aromatic carbocycles. The maximum absolute atomic E-state index is 11.7. The highest BCUT2D eigenvalue weighted by molar-refractivity contribution is 7.16. The van der Waals surface area contributed by atoms with Gasteiger partial charge in [0.1, 0.15) is 11.1 Å². The molecule has 3 nitrogen and oxygen atoms in total. The van der Waals surface area contributed by atoms with E-state index >= 15 is 0 Å². The van der Waals surface area contributed by atoms with Crippen molar-refractivity contribution in [2.75, 3.05) is 11.2 Å². The summed E-state index contributed by atoms with van der Waals surface area (Å²) in [5.74, 6) is 0.805. The molecule has 1 N–H and O–H groups in total. The van der Waals surface area contributed by atoms with Gasteiger partial charge in [-0.25, -0.2) is 0 Å². The molecule has 0 saturated carbocycles. The van der Waals surface area contributed by atoms with Crippen molar-refractivity contribution in [1.29, 1.82) is 5.26 Å². The number of amides is 1. The van der Waals surface area contributed by atoms with Crippen LogP contribution in [-0.4, -0.2) is 11.8 Å². The quantitative estimate of drug-likeness (QED) is 0.841. The van der Waals surface area contributed by atoms with Crippen molar-refractivity contribution in [2.24, 2.45) is 11.3 Å². The first-order valence-corrected chi connectivity index (χ1v) is 8.62. The van der Waals surface area contributed by atoms with Crippen LogP contribution in [0, 0.1) is 22.7 Å². The maximum atomic E-state index is 11.7. The number of nitrogens with one attached hydrogen (secondary N) is 1. The molecule has 1 aliphatic carbocycles. The van der Waals surface area contributed by atoms with Gasteiger partial charge in [-0.2, -0.15) is 5.26 Å². The summed E-state index contributed by atoms with van der Waals surface area (Å²) >= 11 is 7.15. The van der Waals surface area contributed by atoms with E-state index in [1.165, 1.54) is 4.88 Å². The van der Waals surface area contributed by atoms with Gasteiger partial charge < -0.3 is 5.32 Å². The second-order valence-corrected chi connectivity index (χ2v) is 8.10. The van der Waals surface area contributed by atoms with E-state index in [0.717, 1.165) is 24.8 Å². The molecule has 114 valence electrons. The highest BCUT2D eigenvalue weighted by Gasteiger charge is 2.32. The van der Waals surface area contributed by atoms with Crippen LogP contribution in [0.3, 0.4) is 0 Å². The van der Waals surface area contributed by atoms with E-state index in [0.29, 0.717) is 22.4 Å². The van der Waals surface area contributed by atoms with E-state index in [1.54, 1.807) is 11.3 Å². The van der Waals surface area contributed by atoms with Gasteiger partial charge in [-0.1, -0.05) is 20.8 Å². The Morgan fingerprint density at radius 1 is 1.52 bits per heavy atom. The molecule has 0 spiro atoms. The summed E-state index contributed by atoms with van der Waals surface area (Å²) in [7, 11) is 0. The summed E-state index contributed by atoms with van der Waals surface area (Å²) in [6.07, 6.45) is 3.32. The number of anilines is 1. The number of fused-ring (bicyclic) bond motifs is 1. The smallest absolute Gasteiger partial charge is 0.226 e. The lowest BCUT2D eigenvalue weighted by atomic mass is 9.72. The number of alkyl halides is 1. The Hall–Kier alpha value is -1.05. The molecule has 1 atom stereocenters. The number of rotatable bonds is 3. The van der Waals surface area contributed by atoms with Crippen LogP contribution in [0.2, 0.25) is 0 Å². The molecule has 1 aliphatic rings. The highest BCUT2D eigenvalue weighted by Crippen LogP contribution is 2.43. The van der Waals surface area contributed by atoms with E-state index in [1.807, 2.05) is 0 Å². The monoisotopic (exact) mass is 324 g/mol. The van der Waals surface area contributed by atoms with Crippen LogP contribution in [-0.2, 0) is 17.6 Å². The molecule has 0 aliphatic heterocycles. The predicted octanol–water partition coefficient (Wildman–Crippen LogP) is 4.34. The Morgan fingerprint density at radius 3 is 2.81 bits per heavy atom. The Kier molecular flexibility index (Phi) is 4.95. The molecule has 1 unspecified atom stereocenters. The third-order valence-electron chi connectivity index (χ3n) is 4.18. The lowest BCUT2D eigenvalue weighted by Crippen LogP contribution is -2.26. The van der Waals surface area contributed by atoms with E-state index in [9.17, 15) is 10.1 Å². The minimum Gasteiger partial charge on any atom is -0.317 e. The number of nitriles is 1. The van der Waals surface area contributed by atoms with Crippen molar-refractivity contribution in [1.82, 2.24) is 0 Å². The van der Waals surface area contributed by atoms with Gasteiger partial charge in [-0.05, 0) is 36.2 Å². The molecule has 21 heavy (non-hydrogen) atoms. The van der Waals surface area contributed by atoms with Gasteiger partial charge in [-0.3, -0.25) is 4.79 Å². The molecule has 0 saturated heterocycles. The summed E-state index contributed by atoms with van der Waals surface area (Å²) in [5.41, 5.74) is 2.07. The average molecular weight is 325 g/mol. The van der Waals surface area contributed by atoms with Crippen LogP contribution in [0.4, 0.5) is 5.00 Å². The summed E-state index contributed by atoms with van der Waals surface area (Å²) in [4.78, 5) is 13.0. The second-order valence-electron chi connectivity index (χ2n) is 6.61. The molecule has 1 aromatic rings. The van der Waals surface area contributed by atoms with Crippen LogP contribution in [0.5, 0.6) is 0 Å². The first-order chi connectivity index (χ1) is 9.86. The van der Waals surface area contributed by atoms with Crippen molar-refractivity contribution >= 4 is 33.8 Å². The number of thiophene rings is 1. The molecule has 0 bridgehead atoms. The van der Waals surface area contributed by atoms with Gasteiger partial charge in [0.15, 0.2) is 0 Å². The molecule has 1 amide bonds. The lowest BCUT2D eigenvalue weighted by molar-refractivity contribution is -0.115. The van der Waals surface area contributed by atoms with E-state index < -0.39 is 0 Å². The van der Waals surface area contributed by atoms with Gasteiger partial charge in [-0.15, -0.1) is 22.9 Å². The number of halogens is 1. The number of hydrogen-bond acceptors (Lipinski definition) is 3. The molecule has 0 fully saturated rings. The summed E-state index contributed by atoms with van der Waals surface area (Å²) < 4.78 is 0. The number of carbonyl (C=O) groups is 1. The lowest BCUT2D eigenvalue weighted by Gasteiger charge is -2.33. The van der Waals surface area contributed by atoms with E-state index in [2.05, 4.69) is 32.2 Å². The predicted molar refractivity (Wildman–Crippen MR) is 88.0 cm³/mol. The fraction of sp³-hybridized carbons (Fsp3) is 0.625. The topological polar surface area (TPSA) is 52.9 Å². The van der Waals surface area contributed by atoms with Crippen molar-refractivity contribution < 1.29 is 4.79 Å². The third-order valence-corrected chi connectivity index (χ3v) is 5.54. The van der Waals surface area contributed by atoms with E-state index in [-0.39, 0.29) is 17.7 Å². The number of hydrogen-bond donors (Lipinski definition) is 1. The van der Waals surface area contributed by atoms with Crippen molar-refractivity contribution in [2.45, 2.75) is 46.5 Å². The molecule has 5 heteroatoms. The summed E-state index contributed by atoms with van der Waals surface area (Å²) in [6, 6.07) is 2.27. The zero-order valence-electron chi connectivity index (χ0n) is 12.8. The number of carbonyl (C=O) groups excluding carboxylic acids is 1. The zero-order chi connectivity index (χ0) is 15.6. The maximum Gasteiger partial charge on any atom is 0.226 e.